The van der Waals surface area contributed by atoms with Crippen LogP contribution < -0.4 is 4.90 Å². The minimum absolute atomic E-state index is 0.111. The van der Waals surface area contributed by atoms with Crippen molar-refractivity contribution in [1.82, 2.24) is 19.7 Å². The molecule has 5 nitrogen and oxygen atoms in total. The molecule has 0 aliphatic carbocycles. The maximum absolute atomic E-state index is 14.8. The Kier molecular flexibility index (Phi) is 9.61. The SMILES string of the molecule is Cc1cc(Cc2cnc3ccc(C(C)C)cc3c2N2CCC(N3CCC(N4CCN(C(C)C)CC4)CC3)CC2)cc(F)c1C. The largest absolute Gasteiger partial charge is 0.371 e. The van der Waals surface area contributed by atoms with E-state index >= 15 is 0 Å². The molecule has 6 rings (SSSR count). The monoisotopic (exact) mass is 599 g/mol. The highest BCUT2D eigenvalue weighted by Gasteiger charge is 2.32. The fourth-order valence-electron chi connectivity index (χ4n) is 8.00. The number of hydrogen-bond donors (Lipinski definition) is 0. The van der Waals surface area contributed by atoms with Crippen LogP contribution in [-0.2, 0) is 6.42 Å². The molecule has 0 bridgehead atoms. The van der Waals surface area contributed by atoms with Gasteiger partial charge in [-0.1, -0.05) is 26.0 Å². The first-order chi connectivity index (χ1) is 21.2. The van der Waals surface area contributed by atoms with Crippen molar-refractivity contribution in [2.75, 3.05) is 57.3 Å². The molecular formula is C38H54FN5. The maximum atomic E-state index is 14.8. The summed E-state index contributed by atoms with van der Waals surface area (Å²) in [6, 6.07) is 12.7. The minimum Gasteiger partial charge on any atom is -0.371 e. The molecule has 238 valence electrons. The van der Waals surface area contributed by atoms with E-state index in [1.807, 2.05) is 13.8 Å². The second kappa shape index (κ2) is 13.4. The zero-order valence-electron chi connectivity index (χ0n) is 28.1. The third kappa shape index (κ3) is 6.68. The second-order valence-electron chi connectivity index (χ2n) is 14.4. The van der Waals surface area contributed by atoms with Gasteiger partial charge in [0.05, 0.1) is 11.2 Å². The number of aromatic nitrogens is 1. The molecular weight excluding hydrogens is 545 g/mol. The summed E-state index contributed by atoms with van der Waals surface area (Å²) in [5.41, 5.74) is 7.70. The van der Waals surface area contributed by atoms with Crippen LogP contribution in [0.25, 0.3) is 10.9 Å². The van der Waals surface area contributed by atoms with E-state index in [1.54, 1.807) is 6.07 Å². The molecule has 0 unspecified atom stereocenters. The minimum atomic E-state index is -0.111. The predicted octanol–water partition coefficient (Wildman–Crippen LogP) is 7.16. The quantitative estimate of drug-likeness (QED) is 0.287. The van der Waals surface area contributed by atoms with Crippen molar-refractivity contribution >= 4 is 16.6 Å². The Hall–Kier alpha value is -2.54. The molecule has 0 saturated carbocycles. The third-order valence-corrected chi connectivity index (χ3v) is 11.1. The van der Waals surface area contributed by atoms with Crippen molar-refractivity contribution in [2.45, 2.75) is 97.7 Å². The molecule has 0 atom stereocenters. The van der Waals surface area contributed by atoms with E-state index in [4.69, 9.17) is 4.98 Å². The van der Waals surface area contributed by atoms with Gasteiger partial charge in [-0.3, -0.25) is 14.8 Å². The lowest BCUT2D eigenvalue weighted by Gasteiger charge is -2.46. The molecule has 3 fully saturated rings. The van der Waals surface area contributed by atoms with Crippen LogP contribution in [0.2, 0.25) is 0 Å². The van der Waals surface area contributed by atoms with E-state index in [0.717, 1.165) is 41.3 Å². The van der Waals surface area contributed by atoms with Gasteiger partial charge in [-0.15, -0.1) is 0 Å². The fourth-order valence-corrected chi connectivity index (χ4v) is 8.00. The van der Waals surface area contributed by atoms with E-state index in [2.05, 4.69) is 77.8 Å². The highest BCUT2D eigenvalue weighted by atomic mass is 19.1. The number of hydrogen-bond acceptors (Lipinski definition) is 5. The first kappa shape index (κ1) is 31.4. The van der Waals surface area contributed by atoms with Gasteiger partial charge in [-0.05, 0) is 118 Å². The van der Waals surface area contributed by atoms with Gasteiger partial charge in [0.15, 0.2) is 0 Å². The van der Waals surface area contributed by atoms with Gasteiger partial charge in [0.2, 0.25) is 0 Å². The summed E-state index contributed by atoms with van der Waals surface area (Å²) in [6.45, 7) is 22.5. The molecule has 1 aromatic heterocycles. The highest BCUT2D eigenvalue weighted by Crippen LogP contribution is 2.36. The summed E-state index contributed by atoms with van der Waals surface area (Å²) in [7, 11) is 0. The molecule has 0 amide bonds. The number of halogens is 1. The first-order valence-electron chi connectivity index (χ1n) is 17.3. The Balaban J connectivity index is 1.16. The van der Waals surface area contributed by atoms with Gasteiger partial charge in [-0.25, -0.2) is 4.39 Å². The molecule has 3 aromatic rings. The lowest BCUT2D eigenvalue weighted by Crippen LogP contribution is -2.56. The molecule has 0 spiro atoms. The van der Waals surface area contributed by atoms with Crippen LogP contribution in [0.4, 0.5) is 10.1 Å². The van der Waals surface area contributed by atoms with Crippen LogP contribution in [-0.4, -0.2) is 90.2 Å². The molecule has 3 aliphatic heterocycles. The van der Waals surface area contributed by atoms with Gasteiger partial charge >= 0.3 is 0 Å². The predicted molar refractivity (Wildman–Crippen MR) is 183 cm³/mol. The van der Waals surface area contributed by atoms with Crippen LogP contribution in [0.3, 0.4) is 0 Å². The Morgan fingerprint density at radius 2 is 1.43 bits per heavy atom. The topological polar surface area (TPSA) is 25.9 Å². The number of piperazine rings is 1. The van der Waals surface area contributed by atoms with Crippen LogP contribution in [0, 0.1) is 19.7 Å². The number of aryl methyl sites for hydroxylation is 1. The van der Waals surface area contributed by atoms with E-state index < -0.39 is 0 Å². The van der Waals surface area contributed by atoms with Crippen LogP contribution in [0.5, 0.6) is 0 Å². The van der Waals surface area contributed by atoms with E-state index in [0.29, 0.717) is 24.4 Å². The Morgan fingerprint density at radius 1 is 0.795 bits per heavy atom. The summed E-state index contributed by atoms with van der Waals surface area (Å²) in [5, 5.41) is 1.25. The number of pyridine rings is 1. The smallest absolute Gasteiger partial charge is 0.126 e. The zero-order valence-corrected chi connectivity index (χ0v) is 28.1. The van der Waals surface area contributed by atoms with E-state index in [1.165, 1.54) is 87.2 Å². The summed E-state index contributed by atoms with van der Waals surface area (Å²) in [5.74, 6) is 0.345. The molecule has 0 N–H and O–H groups in total. The van der Waals surface area contributed by atoms with Crippen molar-refractivity contribution in [1.29, 1.82) is 0 Å². The summed E-state index contributed by atoms with van der Waals surface area (Å²) < 4.78 is 14.8. The molecule has 4 heterocycles. The lowest BCUT2D eigenvalue weighted by molar-refractivity contribution is 0.0359. The number of fused-ring (bicyclic) bond motifs is 1. The van der Waals surface area contributed by atoms with Crippen molar-refractivity contribution in [3.63, 3.8) is 0 Å². The van der Waals surface area contributed by atoms with Gasteiger partial charge in [0.1, 0.15) is 5.82 Å². The summed E-state index contributed by atoms with van der Waals surface area (Å²) in [4.78, 5) is 15.7. The molecule has 2 aromatic carbocycles. The van der Waals surface area contributed by atoms with E-state index in [-0.39, 0.29) is 5.82 Å². The van der Waals surface area contributed by atoms with E-state index in [9.17, 15) is 4.39 Å². The number of piperidine rings is 2. The zero-order chi connectivity index (χ0) is 31.0. The Labute approximate surface area is 265 Å². The maximum Gasteiger partial charge on any atom is 0.126 e. The number of likely N-dealkylation sites (tertiary alicyclic amines) is 1. The average Bonchev–Trinajstić information content (AvgIpc) is 3.03. The van der Waals surface area contributed by atoms with Crippen LogP contribution >= 0.6 is 0 Å². The summed E-state index contributed by atoms with van der Waals surface area (Å²) >= 11 is 0. The van der Waals surface area contributed by atoms with Gasteiger partial charge < -0.3 is 9.80 Å². The molecule has 3 aliphatic rings. The van der Waals surface area contributed by atoms with Crippen molar-refractivity contribution in [2.24, 2.45) is 0 Å². The second-order valence-corrected chi connectivity index (χ2v) is 14.4. The first-order valence-corrected chi connectivity index (χ1v) is 17.3. The van der Waals surface area contributed by atoms with Crippen molar-refractivity contribution in [3.8, 4) is 0 Å². The molecule has 44 heavy (non-hydrogen) atoms. The van der Waals surface area contributed by atoms with Crippen molar-refractivity contribution < 1.29 is 4.39 Å². The van der Waals surface area contributed by atoms with Gasteiger partial charge in [-0.2, -0.15) is 0 Å². The molecule has 0 radical (unpaired) electrons. The fraction of sp³-hybridized carbons (Fsp3) is 0.605. The van der Waals surface area contributed by atoms with Crippen molar-refractivity contribution in [3.05, 3.63) is 70.2 Å². The third-order valence-electron chi connectivity index (χ3n) is 11.1. The number of benzene rings is 2. The normalized spacial score (nSPS) is 20.4. The van der Waals surface area contributed by atoms with Gasteiger partial charge in [0, 0.05) is 75.4 Å². The number of rotatable bonds is 7. The number of nitrogens with zero attached hydrogens (tertiary/aromatic N) is 5. The average molecular weight is 600 g/mol. The van der Waals surface area contributed by atoms with Gasteiger partial charge in [0.25, 0.3) is 0 Å². The molecule has 6 heteroatoms. The number of anilines is 1. The standard InChI is InChI=1S/C38H54FN5/c1-26(2)31-7-8-37-35(24-31)38(32(25-40-37)22-30-21-28(5)29(6)36(39)23-30)44-15-11-33(12-16-44)42-13-9-34(10-14-42)43-19-17-41(18-20-43)27(3)4/h7-8,21,23-27,33-34H,9-20,22H2,1-6H3. The van der Waals surface area contributed by atoms with Crippen LogP contribution in [0.15, 0.2) is 36.5 Å². The summed E-state index contributed by atoms with van der Waals surface area (Å²) in [6.07, 6.45) is 7.77. The van der Waals surface area contributed by atoms with Crippen LogP contribution in [0.1, 0.15) is 87.1 Å². The Morgan fingerprint density at radius 3 is 2.05 bits per heavy atom. The lowest BCUT2D eigenvalue weighted by atomic mass is 9.93. The Bertz CT molecular complexity index is 1400. The highest BCUT2D eigenvalue weighted by molar-refractivity contribution is 5.94. The molecule has 3 saturated heterocycles.